The number of hydrogen-bond donors (Lipinski definition) is 5. The molecule has 3 aromatic carbocycles. The Bertz CT molecular complexity index is 1230. The van der Waals surface area contributed by atoms with E-state index in [1.54, 1.807) is 7.11 Å². The number of hydrogen-bond acceptors (Lipinski definition) is 8. The fraction of sp³-hybridized carbons (Fsp3) is 0.280. The van der Waals surface area contributed by atoms with Gasteiger partial charge in [-0.15, -0.1) is 0 Å². The lowest BCUT2D eigenvalue weighted by molar-refractivity contribution is 0.171. The molecular formula is C25H30N2O7S. The summed E-state index contributed by atoms with van der Waals surface area (Å²) in [6, 6.07) is 17.5. The van der Waals surface area contributed by atoms with Crippen molar-refractivity contribution in [3.05, 3.63) is 71.8 Å². The molecule has 3 aromatic rings. The Morgan fingerprint density at radius 3 is 2.34 bits per heavy atom. The second kappa shape index (κ2) is 11.9. The largest absolute Gasteiger partial charge is 0.506 e. The summed E-state index contributed by atoms with van der Waals surface area (Å²) in [7, 11) is -1.99. The number of nitrogens with one attached hydrogen (secondary N) is 2. The smallest absolute Gasteiger partial charge is 0.229 e. The van der Waals surface area contributed by atoms with Crippen molar-refractivity contribution < 1.29 is 33.2 Å². The first-order valence-corrected chi connectivity index (χ1v) is 12.8. The van der Waals surface area contributed by atoms with Crippen LogP contribution in [0.5, 0.6) is 17.2 Å². The molecule has 10 heteroatoms. The van der Waals surface area contributed by atoms with E-state index >= 15 is 0 Å². The predicted molar refractivity (Wildman–Crippen MR) is 134 cm³/mol. The lowest BCUT2D eigenvalue weighted by Crippen LogP contribution is -2.26. The number of anilines is 1. The Morgan fingerprint density at radius 1 is 0.971 bits per heavy atom. The van der Waals surface area contributed by atoms with Crippen molar-refractivity contribution in [3.63, 3.8) is 0 Å². The summed E-state index contributed by atoms with van der Waals surface area (Å²) in [5.74, 6) is 0.944. The van der Waals surface area contributed by atoms with Gasteiger partial charge in [0, 0.05) is 13.1 Å². The van der Waals surface area contributed by atoms with E-state index in [0.717, 1.165) is 22.9 Å². The molecule has 0 spiro atoms. The van der Waals surface area contributed by atoms with Crippen LogP contribution in [0.3, 0.4) is 0 Å². The number of methoxy groups -OCH3 is 1. The van der Waals surface area contributed by atoms with Crippen LogP contribution in [0.2, 0.25) is 0 Å². The maximum Gasteiger partial charge on any atom is 0.229 e. The molecule has 0 saturated carbocycles. The highest BCUT2D eigenvalue weighted by Gasteiger charge is 2.13. The van der Waals surface area contributed by atoms with Gasteiger partial charge >= 0.3 is 0 Å². The van der Waals surface area contributed by atoms with Crippen molar-refractivity contribution in [2.24, 2.45) is 0 Å². The molecule has 0 bridgehead atoms. The molecule has 9 nitrogen and oxygen atoms in total. The van der Waals surface area contributed by atoms with Gasteiger partial charge < -0.3 is 30.1 Å². The molecule has 0 fully saturated rings. The average molecular weight is 503 g/mol. The third kappa shape index (κ3) is 7.59. The third-order valence-corrected chi connectivity index (χ3v) is 5.80. The lowest BCUT2D eigenvalue weighted by Gasteiger charge is -2.16. The molecule has 0 radical (unpaired) electrons. The molecule has 1 atom stereocenters. The van der Waals surface area contributed by atoms with E-state index in [1.807, 2.05) is 42.5 Å². The van der Waals surface area contributed by atoms with Gasteiger partial charge in [0.1, 0.15) is 12.4 Å². The monoisotopic (exact) mass is 502 g/mol. The van der Waals surface area contributed by atoms with Gasteiger partial charge in [-0.2, -0.15) is 0 Å². The first-order chi connectivity index (χ1) is 16.7. The molecular weight excluding hydrogens is 472 g/mol. The van der Waals surface area contributed by atoms with Crippen LogP contribution in [0, 0.1) is 0 Å². The van der Waals surface area contributed by atoms with E-state index in [4.69, 9.17) is 9.47 Å². The van der Waals surface area contributed by atoms with Crippen molar-refractivity contribution in [2.75, 3.05) is 37.8 Å². The number of sulfonamides is 1. The van der Waals surface area contributed by atoms with E-state index in [0.29, 0.717) is 30.2 Å². The quantitative estimate of drug-likeness (QED) is 0.188. The minimum atomic E-state index is -3.56. The van der Waals surface area contributed by atoms with Gasteiger partial charge in [-0.25, -0.2) is 8.42 Å². The summed E-state index contributed by atoms with van der Waals surface area (Å²) in [6.45, 7) is 0.964. The van der Waals surface area contributed by atoms with Gasteiger partial charge in [0.25, 0.3) is 0 Å². The van der Waals surface area contributed by atoms with Crippen LogP contribution in [-0.2, 0) is 16.6 Å². The second-order valence-corrected chi connectivity index (χ2v) is 9.69. The summed E-state index contributed by atoms with van der Waals surface area (Å²) in [5.41, 5.74) is 3.25. The Balaban J connectivity index is 1.52. The van der Waals surface area contributed by atoms with Crippen LogP contribution in [0.15, 0.2) is 60.7 Å². The van der Waals surface area contributed by atoms with Crippen molar-refractivity contribution in [1.29, 1.82) is 0 Å². The van der Waals surface area contributed by atoms with Crippen LogP contribution in [0.25, 0.3) is 11.1 Å². The number of aromatic hydroxyl groups is 1. The summed E-state index contributed by atoms with van der Waals surface area (Å²) in [6.07, 6.45) is 0.0661. The van der Waals surface area contributed by atoms with E-state index in [-0.39, 0.29) is 24.6 Å². The molecule has 35 heavy (non-hydrogen) atoms. The van der Waals surface area contributed by atoms with Crippen molar-refractivity contribution >= 4 is 15.7 Å². The minimum absolute atomic E-state index is 0.00217. The Kier molecular flexibility index (Phi) is 8.94. The molecule has 0 heterocycles. The van der Waals surface area contributed by atoms with Gasteiger partial charge in [-0.05, 0) is 46.5 Å². The summed E-state index contributed by atoms with van der Waals surface area (Å²) >= 11 is 0. The zero-order chi connectivity index (χ0) is 25.4. The number of aliphatic hydroxyl groups is 2. The van der Waals surface area contributed by atoms with Crippen LogP contribution < -0.4 is 19.5 Å². The van der Waals surface area contributed by atoms with Crippen LogP contribution in [-0.4, -0.2) is 56.8 Å². The van der Waals surface area contributed by atoms with E-state index < -0.39 is 16.1 Å². The van der Waals surface area contributed by atoms with Gasteiger partial charge in [-0.3, -0.25) is 4.72 Å². The number of benzene rings is 3. The molecule has 1 unspecified atom stereocenters. The van der Waals surface area contributed by atoms with Gasteiger partial charge in [0.2, 0.25) is 10.0 Å². The predicted octanol–water partition coefficient (Wildman–Crippen LogP) is 2.63. The summed E-state index contributed by atoms with van der Waals surface area (Å²) in [5, 5.41) is 32.5. The molecule has 0 aliphatic rings. The standard InChI is InChI=1S/C25H30N2O7S/c1-33-25-14-19(18-5-3-17(16-28)4-6-18)8-10-24(25)34-12-11-26-15-23(30)20-7-9-22(29)21(13-20)27-35(2,31)32/h3-10,13-14,23,26-30H,11-12,15-16H2,1-2H3. The highest BCUT2D eigenvalue weighted by atomic mass is 32.2. The first-order valence-electron chi connectivity index (χ1n) is 10.9. The molecule has 0 aliphatic heterocycles. The zero-order valence-corrected chi connectivity index (χ0v) is 20.4. The zero-order valence-electron chi connectivity index (χ0n) is 19.6. The Labute approximate surface area is 205 Å². The third-order valence-electron chi connectivity index (χ3n) is 5.21. The number of rotatable bonds is 12. The van der Waals surface area contributed by atoms with E-state index in [2.05, 4.69) is 10.0 Å². The van der Waals surface area contributed by atoms with E-state index in [9.17, 15) is 23.7 Å². The molecule has 5 N–H and O–H groups in total. The molecule has 3 rings (SSSR count). The number of phenols is 1. The minimum Gasteiger partial charge on any atom is -0.506 e. The van der Waals surface area contributed by atoms with Crippen molar-refractivity contribution in [1.82, 2.24) is 5.32 Å². The van der Waals surface area contributed by atoms with E-state index in [1.165, 1.54) is 18.2 Å². The normalized spacial score (nSPS) is 12.2. The van der Waals surface area contributed by atoms with Crippen molar-refractivity contribution in [3.8, 4) is 28.4 Å². The second-order valence-electron chi connectivity index (χ2n) is 7.94. The fourth-order valence-corrected chi connectivity index (χ4v) is 3.96. The van der Waals surface area contributed by atoms with Gasteiger partial charge in [0.15, 0.2) is 11.5 Å². The summed E-state index contributed by atoms with van der Waals surface area (Å²) in [4.78, 5) is 0. The fourth-order valence-electron chi connectivity index (χ4n) is 3.40. The Morgan fingerprint density at radius 2 is 1.69 bits per heavy atom. The molecule has 0 aromatic heterocycles. The molecule has 0 aliphatic carbocycles. The molecule has 0 saturated heterocycles. The lowest BCUT2D eigenvalue weighted by atomic mass is 10.0. The first kappa shape index (κ1) is 26.3. The van der Waals surface area contributed by atoms with Gasteiger partial charge in [0.05, 0.1) is 31.8 Å². The average Bonchev–Trinajstić information content (AvgIpc) is 2.84. The van der Waals surface area contributed by atoms with Crippen LogP contribution in [0.4, 0.5) is 5.69 Å². The van der Waals surface area contributed by atoms with Crippen LogP contribution >= 0.6 is 0 Å². The topological polar surface area (TPSA) is 137 Å². The summed E-state index contributed by atoms with van der Waals surface area (Å²) < 4.78 is 36.4. The highest BCUT2D eigenvalue weighted by Crippen LogP contribution is 2.33. The molecule has 188 valence electrons. The van der Waals surface area contributed by atoms with Gasteiger partial charge in [-0.1, -0.05) is 36.4 Å². The SMILES string of the molecule is COc1cc(-c2ccc(CO)cc2)ccc1OCCNCC(O)c1ccc(O)c(NS(C)(=O)=O)c1. The molecule has 0 amide bonds. The number of ether oxygens (including phenoxy) is 2. The highest BCUT2D eigenvalue weighted by molar-refractivity contribution is 7.92. The van der Waals surface area contributed by atoms with Crippen molar-refractivity contribution in [2.45, 2.75) is 12.7 Å². The maximum atomic E-state index is 11.4. The Hall–Kier alpha value is -3.31. The maximum absolute atomic E-state index is 11.4. The number of aliphatic hydroxyl groups excluding tert-OH is 2. The number of phenolic OH excluding ortho intramolecular Hbond substituents is 1. The van der Waals surface area contributed by atoms with Crippen LogP contribution in [0.1, 0.15) is 17.2 Å².